The number of amides is 1. The number of rotatable bonds is 3. The lowest BCUT2D eigenvalue weighted by atomic mass is 9.93. The van der Waals surface area contributed by atoms with Crippen molar-refractivity contribution in [2.45, 2.75) is 30.6 Å². The monoisotopic (exact) mass is 433 g/mol. The van der Waals surface area contributed by atoms with Crippen molar-refractivity contribution in [3.05, 3.63) is 77.5 Å². The summed E-state index contributed by atoms with van der Waals surface area (Å²) in [6.07, 6.45) is 3.15. The molecule has 2 N–H and O–H groups in total. The van der Waals surface area contributed by atoms with Crippen LogP contribution in [-0.4, -0.2) is 25.9 Å². The molecule has 1 aromatic heterocycles. The van der Waals surface area contributed by atoms with Crippen LogP contribution in [0.5, 0.6) is 0 Å². The number of sulfonamides is 1. The van der Waals surface area contributed by atoms with E-state index in [0.717, 1.165) is 16.8 Å². The quantitative estimate of drug-likeness (QED) is 0.686. The number of hydrogen-bond donors (Lipinski definition) is 1. The lowest BCUT2D eigenvalue weighted by Gasteiger charge is -2.24. The number of hydrogen-bond acceptors (Lipinski definition) is 4. The van der Waals surface area contributed by atoms with E-state index < -0.39 is 10.0 Å². The summed E-state index contributed by atoms with van der Waals surface area (Å²) in [4.78, 5) is 19.7. The van der Waals surface area contributed by atoms with Gasteiger partial charge in [-0.15, -0.1) is 0 Å². The van der Waals surface area contributed by atoms with Gasteiger partial charge in [0.25, 0.3) is 0 Å². The van der Waals surface area contributed by atoms with Crippen molar-refractivity contribution < 1.29 is 13.2 Å². The zero-order valence-electron chi connectivity index (χ0n) is 17.2. The summed E-state index contributed by atoms with van der Waals surface area (Å²) in [7, 11) is -3.82. The third kappa shape index (κ3) is 3.43. The fourth-order valence-corrected chi connectivity index (χ4v) is 5.35. The highest BCUT2D eigenvalue weighted by atomic mass is 32.2. The molecule has 5 rings (SSSR count). The maximum Gasteiger partial charge on any atom is 0.238 e. The number of carbonyl (C=O) groups is 1. The van der Waals surface area contributed by atoms with E-state index in [1.807, 2.05) is 18.2 Å². The lowest BCUT2D eigenvalue weighted by Crippen LogP contribution is -2.36. The number of benzene rings is 2. The van der Waals surface area contributed by atoms with Crippen LogP contribution >= 0.6 is 0 Å². The molecule has 0 fully saturated rings. The van der Waals surface area contributed by atoms with E-state index in [1.165, 1.54) is 23.3 Å². The maximum atomic E-state index is 13.5. The van der Waals surface area contributed by atoms with Gasteiger partial charge in [-0.2, -0.15) is 0 Å². The second-order valence-corrected chi connectivity index (χ2v) is 9.86. The van der Waals surface area contributed by atoms with Crippen LogP contribution in [0.15, 0.2) is 65.7 Å². The Hall–Kier alpha value is -3.03. The number of nitrogens with two attached hydrogens (primary N) is 1. The van der Waals surface area contributed by atoms with Gasteiger partial charge in [0.05, 0.1) is 10.6 Å². The van der Waals surface area contributed by atoms with Crippen LogP contribution in [0.4, 0.5) is 5.69 Å². The first-order valence-corrected chi connectivity index (χ1v) is 11.9. The third-order valence-electron chi connectivity index (χ3n) is 6.50. The fraction of sp³-hybridized carbons (Fsp3) is 0.250. The first kappa shape index (κ1) is 19.9. The molecule has 31 heavy (non-hydrogen) atoms. The van der Waals surface area contributed by atoms with Crippen molar-refractivity contribution in [2.75, 3.05) is 11.4 Å². The molecule has 0 saturated heterocycles. The summed E-state index contributed by atoms with van der Waals surface area (Å²) in [5.41, 5.74) is 5.96. The normalized spacial score (nSPS) is 19.9. The average Bonchev–Trinajstić information content (AvgIpc) is 3.34. The average molecular weight is 434 g/mol. The van der Waals surface area contributed by atoms with Crippen molar-refractivity contribution in [3.63, 3.8) is 0 Å². The summed E-state index contributed by atoms with van der Waals surface area (Å²) < 4.78 is 23.6. The third-order valence-corrected chi connectivity index (χ3v) is 7.41. The van der Waals surface area contributed by atoms with E-state index in [0.29, 0.717) is 25.1 Å². The summed E-state index contributed by atoms with van der Waals surface area (Å²) >= 11 is 0. The van der Waals surface area contributed by atoms with Crippen LogP contribution < -0.4 is 10.0 Å². The highest BCUT2D eigenvalue weighted by Crippen LogP contribution is 2.42. The Morgan fingerprint density at radius 1 is 1.10 bits per heavy atom. The van der Waals surface area contributed by atoms with E-state index in [-0.39, 0.29) is 22.6 Å². The van der Waals surface area contributed by atoms with Gasteiger partial charge < -0.3 is 4.90 Å². The summed E-state index contributed by atoms with van der Waals surface area (Å²) in [5.74, 6) is -0.0581. The van der Waals surface area contributed by atoms with Gasteiger partial charge in [0.1, 0.15) is 0 Å². The lowest BCUT2D eigenvalue weighted by molar-refractivity contribution is -0.122. The highest BCUT2D eigenvalue weighted by Gasteiger charge is 2.39. The SMILES string of the molecule is C[C@H]1c2ccc(-c3ccccn3)cc2C[C@@H]1C(=O)N1CCc2ccc(S(N)(=O)=O)cc21. The fourth-order valence-electron chi connectivity index (χ4n) is 4.82. The molecule has 2 aliphatic rings. The van der Waals surface area contributed by atoms with E-state index >= 15 is 0 Å². The summed E-state index contributed by atoms with van der Waals surface area (Å²) in [6.45, 7) is 2.65. The van der Waals surface area contributed by atoms with E-state index in [2.05, 4.69) is 30.1 Å². The zero-order valence-corrected chi connectivity index (χ0v) is 18.0. The number of primary sulfonamides is 1. The molecule has 6 nitrogen and oxygen atoms in total. The number of pyridine rings is 1. The van der Waals surface area contributed by atoms with E-state index in [9.17, 15) is 13.2 Å². The Morgan fingerprint density at radius 2 is 1.94 bits per heavy atom. The minimum absolute atomic E-state index is 0.0356. The number of fused-ring (bicyclic) bond motifs is 2. The molecule has 1 aliphatic carbocycles. The largest absolute Gasteiger partial charge is 0.312 e. The Kier molecular flexibility index (Phi) is 4.68. The molecule has 0 unspecified atom stereocenters. The Morgan fingerprint density at radius 3 is 2.68 bits per heavy atom. The standard InChI is InChI=1S/C24H23N3O3S/c1-15-20-8-6-17(22-4-2-3-10-26-22)12-18(20)13-21(15)24(28)27-11-9-16-5-7-19(14-23(16)27)31(25,29)30/h2-8,10,12,14-15,21H,9,11,13H2,1H3,(H2,25,29,30)/t15-,21-/m0/s1. The molecule has 0 bridgehead atoms. The van der Waals surface area contributed by atoms with Crippen molar-refractivity contribution >= 4 is 21.6 Å². The van der Waals surface area contributed by atoms with E-state index in [1.54, 1.807) is 17.2 Å². The van der Waals surface area contributed by atoms with Crippen LogP contribution in [-0.2, 0) is 27.7 Å². The van der Waals surface area contributed by atoms with Gasteiger partial charge in [-0.05, 0) is 65.8 Å². The van der Waals surface area contributed by atoms with Crippen molar-refractivity contribution in [2.24, 2.45) is 11.1 Å². The molecule has 158 valence electrons. The van der Waals surface area contributed by atoms with Gasteiger partial charge in [-0.1, -0.05) is 31.2 Å². The molecular formula is C24H23N3O3S. The molecule has 7 heteroatoms. The van der Waals surface area contributed by atoms with Gasteiger partial charge in [-0.25, -0.2) is 13.6 Å². The van der Waals surface area contributed by atoms with Crippen molar-refractivity contribution in [1.82, 2.24) is 4.98 Å². The summed E-state index contributed by atoms with van der Waals surface area (Å²) in [5, 5.41) is 5.30. The molecule has 2 atom stereocenters. The van der Waals surface area contributed by atoms with Gasteiger partial charge >= 0.3 is 0 Å². The van der Waals surface area contributed by atoms with E-state index in [4.69, 9.17) is 5.14 Å². The van der Waals surface area contributed by atoms with Crippen molar-refractivity contribution in [3.8, 4) is 11.3 Å². The highest BCUT2D eigenvalue weighted by molar-refractivity contribution is 7.89. The topological polar surface area (TPSA) is 93.4 Å². The van der Waals surface area contributed by atoms with Gasteiger partial charge in [0.15, 0.2) is 0 Å². The Labute approximate surface area is 181 Å². The molecule has 0 saturated carbocycles. The van der Waals surface area contributed by atoms with Crippen LogP contribution in [0.3, 0.4) is 0 Å². The number of aromatic nitrogens is 1. The van der Waals surface area contributed by atoms with Crippen LogP contribution in [0.2, 0.25) is 0 Å². The number of anilines is 1. The molecule has 1 amide bonds. The van der Waals surface area contributed by atoms with Gasteiger partial charge in [0.2, 0.25) is 15.9 Å². The second-order valence-electron chi connectivity index (χ2n) is 8.30. The maximum absolute atomic E-state index is 13.5. The van der Waals surface area contributed by atoms with Gasteiger partial charge in [0, 0.05) is 29.9 Å². The molecule has 3 aromatic rings. The van der Waals surface area contributed by atoms with Crippen LogP contribution in [0.1, 0.15) is 29.5 Å². The predicted molar refractivity (Wildman–Crippen MR) is 119 cm³/mol. The Bertz CT molecular complexity index is 1290. The number of carbonyl (C=O) groups excluding carboxylic acids is 1. The minimum atomic E-state index is -3.82. The van der Waals surface area contributed by atoms with Gasteiger partial charge in [-0.3, -0.25) is 9.78 Å². The molecule has 0 spiro atoms. The Balaban J connectivity index is 1.44. The molecule has 1 aliphatic heterocycles. The number of nitrogens with zero attached hydrogens (tertiary/aromatic N) is 2. The van der Waals surface area contributed by atoms with Crippen LogP contribution in [0.25, 0.3) is 11.3 Å². The molecule has 2 heterocycles. The molecule has 2 aromatic carbocycles. The predicted octanol–water partition coefficient (Wildman–Crippen LogP) is 3.26. The molecule has 0 radical (unpaired) electrons. The zero-order chi connectivity index (χ0) is 21.8. The smallest absolute Gasteiger partial charge is 0.238 e. The second kappa shape index (κ2) is 7.28. The van der Waals surface area contributed by atoms with Crippen LogP contribution in [0, 0.1) is 5.92 Å². The van der Waals surface area contributed by atoms with Crippen molar-refractivity contribution in [1.29, 1.82) is 0 Å². The molecular weight excluding hydrogens is 410 g/mol. The summed E-state index contributed by atoms with van der Waals surface area (Å²) in [6, 6.07) is 16.9. The minimum Gasteiger partial charge on any atom is -0.312 e. The first-order chi connectivity index (χ1) is 14.8. The first-order valence-electron chi connectivity index (χ1n) is 10.3.